The van der Waals surface area contributed by atoms with Gasteiger partial charge in [0.1, 0.15) is 5.75 Å². The van der Waals surface area contributed by atoms with Crippen molar-refractivity contribution < 1.29 is 15.0 Å². The third-order valence-electron chi connectivity index (χ3n) is 2.52. The standard InChI is InChI=1S/C12H11NO3/c14-10-5-3-9(4-6-10)12(11(15)16)7-1-2-8-13-12/h1-8,13-14H,(H,15,16). The third kappa shape index (κ3) is 1.54. The molecule has 2 rings (SSSR count). The molecule has 0 radical (unpaired) electrons. The Bertz CT molecular complexity index is 462. The van der Waals surface area contributed by atoms with Crippen LogP contribution in [0, 0.1) is 0 Å². The Morgan fingerprint density at radius 3 is 2.38 bits per heavy atom. The molecule has 1 aliphatic heterocycles. The van der Waals surface area contributed by atoms with Crippen LogP contribution in [0.2, 0.25) is 0 Å². The number of aliphatic carboxylic acids is 1. The van der Waals surface area contributed by atoms with E-state index in [0.717, 1.165) is 0 Å². The highest BCUT2D eigenvalue weighted by molar-refractivity contribution is 5.84. The monoisotopic (exact) mass is 217 g/mol. The molecule has 1 aromatic carbocycles. The normalized spacial score (nSPS) is 22.8. The minimum Gasteiger partial charge on any atom is -0.508 e. The van der Waals surface area contributed by atoms with Gasteiger partial charge in [0.2, 0.25) is 0 Å². The summed E-state index contributed by atoms with van der Waals surface area (Å²) in [6, 6.07) is 6.10. The first kappa shape index (κ1) is 10.3. The fourth-order valence-corrected chi connectivity index (χ4v) is 1.64. The highest BCUT2D eigenvalue weighted by Gasteiger charge is 2.37. The summed E-state index contributed by atoms with van der Waals surface area (Å²) in [4.78, 5) is 11.4. The van der Waals surface area contributed by atoms with Crippen LogP contribution in [0.1, 0.15) is 5.56 Å². The Labute approximate surface area is 92.5 Å². The van der Waals surface area contributed by atoms with Gasteiger partial charge in [-0.15, -0.1) is 0 Å². The topological polar surface area (TPSA) is 69.6 Å². The molecule has 0 aromatic heterocycles. The third-order valence-corrected chi connectivity index (χ3v) is 2.52. The number of carboxylic acids is 1. The molecule has 0 bridgehead atoms. The van der Waals surface area contributed by atoms with Gasteiger partial charge in [-0.3, -0.25) is 0 Å². The van der Waals surface area contributed by atoms with Gasteiger partial charge in [0.25, 0.3) is 0 Å². The van der Waals surface area contributed by atoms with E-state index in [-0.39, 0.29) is 5.75 Å². The summed E-state index contributed by atoms with van der Waals surface area (Å²) in [6.45, 7) is 0. The molecule has 0 fully saturated rings. The van der Waals surface area contributed by atoms with Crippen LogP contribution in [0.5, 0.6) is 5.75 Å². The molecule has 4 nitrogen and oxygen atoms in total. The molecule has 0 saturated carbocycles. The quantitative estimate of drug-likeness (QED) is 0.699. The molecule has 0 amide bonds. The van der Waals surface area contributed by atoms with E-state index in [2.05, 4.69) is 5.32 Å². The van der Waals surface area contributed by atoms with Gasteiger partial charge in [0.15, 0.2) is 5.54 Å². The van der Waals surface area contributed by atoms with Crippen molar-refractivity contribution in [3.63, 3.8) is 0 Å². The summed E-state index contributed by atoms with van der Waals surface area (Å²) >= 11 is 0. The SMILES string of the molecule is O=C(O)C1(c2ccc(O)cc2)C=CC=CN1. The number of rotatable bonds is 2. The van der Waals surface area contributed by atoms with E-state index in [9.17, 15) is 15.0 Å². The summed E-state index contributed by atoms with van der Waals surface area (Å²) in [5, 5.41) is 21.3. The molecular formula is C12H11NO3. The molecule has 82 valence electrons. The summed E-state index contributed by atoms with van der Waals surface area (Å²) in [5.74, 6) is -0.876. The van der Waals surface area contributed by atoms with Crippen molar-refractivity contribution in [2.45, 2.75) is 5.54 Å². The number of allylic oxidation sites excluding steroid dienone is 2. The zero-order chi connectivity index (χ0) is 11.6. The van der Waals surface area contributed by atoms with E-state index in [0.29, 0.717) is 5.56 Å². The summed E-state index contributed by atoms with van der Waals surface area (Å²) < 4.78 is 0. The Morgan fingerprint density at radius 1 is 1.19 bits per heavy atom. The van der Waals surface area contributed by atoms with Crippen LogP contribution in [0.4, 0.5) is 0 Å². The predicted octanol–water partition coefficient (Wildman–Crippen LogP) is 1.35. The second kappa shape index (κ2) is 3.73. The van der Waals surface area contributed by atoms with Crippen LogP contribution in [-0.4, -0.2) is 16.2 Å². The van der Waals surface area contributed by atoms with Gasteiger partial charge in [-0.2, -0.15) is 0 Å². The van der Waals surface area contributed by atoms with Crippen LogP contribution in [0.15, 0.2) is 48.7 Å². The maximum Gasteiger partial charge on any atom is 0.338 e. The lowest BCUT2D eigenvalue weighted by molar-refractivity contribution is -0.142. The van der Waals surface area contributed by atoms with Gasteiger partial charge in [0.05, 0.1) is 0 Å². The van der Waals surface area contributed by atoms with Crippen LogP contribution >= 0.6 is 0 Å². The number of hydrogen-bond donors (Lipinski definition) is 3. The molecule has 3 N–H and O–H groups in total. The number of aromatic hydroxyl groups is 1. The molecule has 0 aliphatic carbocycles. The first-order chi connectivity index (χ1) is 7.65. The maximum absolute atomic E-state index is 11.4. The van der Waals surface area contributed by atoms with Crippen LogP contribution in [-0.2, 0) is 10.3 Å². The number of phenols is 1. The van der Waals surface area contributed by atoms with Crippen molar-refractivity contribution in [2.75, 3.05) is 0 Å². The average Bonchev–Trinajstić information content (AvgIpc) is 2.30. The number of carboxylic acid groups (broad SMARTS) is 1. The van der Waals surface area contributed by atoms with E-state index >= 15 is 0 Å². The summed E-state index contributed by atoms with van der Waals surface area (Å²) in [6.07, 6.45) is 6.56. The van der Waals surface area contributed by atoms with Crippen molar-refractivity contribution in [3.8, 4) is 5.75 Å². The van der Waals surface area contributed by atoms with Gasteiger partial charge in [-0.1, -0.05) is 18.2 Å². The molecule has 4 heteroatoms. The molecule has 1 unspecified atom stereocenters. The van der Waals surface area contributed by atoms with Crippen LogP contribution < -0.4 is 5.32 Å². The Balaban J connectivity index is 2.48. The van der Waals surface area contributed by atoms with Gasteiger partial charge >= 0.3 is 5.97 Å². The summed E-state index contributed by atoms with van der Waals surface area (Å²) in [7, 11) is 0. The van der Waals surface area contributed by atoms with Crippen LogP contribution in [0.3, 0.4) is 0 Å². The Kier molecular flexibility index (Phi) is 2.40. The molecule has 1 aromatic rings. The molecule has 16 heavy (non-hydrogen) atoms. The number of carbonyl (C=O) groups is 1. The van der Waals surface area contributed by atoms with Gasteiger partial charge in [-0.25, -0.2) is 4.79 Å². The van der Waals surface area contributed by atoms with E-state index in [1.54, 1.807) is 36.6 Å². The summed E-state index contributed by atoms with van der Waals surface area (Å²) in [5.41, 5.74) is -0.680. The molecule has 1 aliphatic rings. The van der Waals surface area contributed by atoms with Crippen molar-refractivity contribution in [1.82, 2.24) is 5.32 Å². The first-order valence-electron chi connectivity index (χ1n) is 4.80. The number of hydrogen-bond acceptors (Lipinski definition) is 3. The largest absolute Gasteiger partial charge is 0.508 e. The minimum absolute atomic E-state index is 0.111. The van der Waals surface area contributed by atoms with Gasteiger partial charge in [-0.05, 0) is 36.0 Å². The number of nitrogens with one attached hydrogen (secondary N) is 1. The predicted molar refractivity (Wildman–Crippen MR) is 58.8 cm³/mol. The van der Waals surface area contributed by atoms with Crippen molar-refractivity contribution in [1.29, 1.82) is 0 Å². The van der Waals surface area contributed by atoms with Crippen molar-refractivity contribution in [2.24, 2.45) is 0 Å². The molecule has 1 heterocycles. The zero-order valence-electron chi connectivity index (χ0n) is 8.42. The Hall–Kier alpha value is -2.23. The lowest BCUT2D eigenvalue weighted by Gasteiger charge is -2.28. The van der Waals surface area contributed by atoms with E-state index in [1.165, 1.54) is 12.1 Å². The maximum atomic E-state index is 11.4. The van der Waals surface area contributed by atoms with Crippen molar-refractivity contribution in [3.05, 3.63) is 54.3 Å². The first-order valence-corrected chi connectivity index (χ1v) is 4.80. The van der Waals surface area contributed by atoms with Gasteiger partial charge < -0.3 is 15.5 Å². The van der Waals surface area contributed by atoms with Crippen molar-refractivity contribution >= 4 is 5.97 Å². The molecule has 0 spiro atoms. The average molecular weight is 217 g/mol. The second-order valence-corrected chi connectivity index (χ2v) is 3.52. The zero-order valence-corrected chi connectivity index (χ0v) is 8.42. The minimum atomic E-state index is -1.25. The number of phenolic OH excluding ortho intramolecular Hbond substituents is 1. The molecule has 0 saturated heterocycles. The van der Waals surface area contributed by atoms with E-state index < -0.39 is 11.5 Å². The smallest absolute Gasteiger partial charge is 0.338 e. The van der Waals surface area contributed by atoms with E-state index in [4.69, 9.17) is 0 Å². The molecular weight excluding hydrogens is 206 g/mol. The second-order valence-electron chi connectivity index (χ2n) is 3.52. The van der Waals surface area contributed by atoms with Crippen LogP contribution in [0.25, 0.3) is 0 Å². The fraction of sp³-hybridized carbons (Fsp3) is 0.0833. The lowest BCUT2D eigenvalue weighted by atomic mass is 9.88. The number of benzene rings is 1. The fourth-order valence-electron chi connectivity index (χ4n) is 1.64. The lowest BCUT2D eigenvalue weighted by Crippen LogP contribution is -2.46. The molecule has 1 atom stereocenters. The van der Waals surface area contributed by atoms with Gasteiger partial charge in [0, 0.05) is 0 Å². The highest BCUT2D eigenvalue weighted by atomic mass is 16.4. The number of dihydropyridines is 1. The van der Waals surface area contributed by atoms with E-state index in [1.807, 2.05) is 0 Å². The highest BCUT2D eigenvalue weighted by Crippen LogP contribution is 2.26. The Morgan fingerprint density at radius 2 is 1.88 bits per heavy atom.